The molecule has 35 heavy (non-hydrogen) atoms. The fourth-order valence-corrected chi connectivity index (χ4v) is 5.48. The van der Waals surface area contributed by atoms with Crippen molar-refractivity contribution in [2.75, 3.05) is 11.1 Å². The average molecular weight is 490 g/mol. The van der Waals surface area contributed by atoms with Gasteiger partial charge in [-0.1, -0.05) is 30.0 Å². The van der Waals surface area contributed by atoms with Gasteiger partial charge < -0.3 is 14.8 Å². The molecule has 10 heteroatoms. The monoisotopic (exact) mass is 489 g/mol. The summed E-state index contributed by atoms with van der Waals surface area (Å²) < 4.78 is 15.5. The van der Waals surface area contributed by atoms with Crippen molar-refractivity contribution in [3.8, 4) is 11.5 Å². The minimum atomic E-state index is -0.537. The Bertz CT molecular complexity index is 1540. The normalized spacial score (nSPS) is 15.8. The maximum atomic E-state index is 12.9. The van der Waals surface area contributed by atoms with Crippen molar-refractivity contribution < 1.29 is 14.3 Å². The molecule has 178 valence electrons. The lowest BCUT2D eigenvalue weighted by atomic mass is 10.2. The van der Waals surface area contributed by atoms with E-state index < -0.39 is 5.79 Å². The second kappa shape index (κ2) is 8.46. The second-order valence-electron chi connectivity index (χ2n) is 8.66. The van der Waals surface area contributed by atoms with Crippen LogP contribution in [-0.4, -0.2) is 36.6 Å². The Balaban J connectivity index is 1.22. The zero-order chi connectivity index (χ0) is 24.0. The molecule has 0 saturated heterocycles. The fourth-order valence-electron chi connectivity index (χ4n) is 4.74. The number of carbonyl (C=O) groups is 1. The van der Waals surface area contributed by atoms with Crippen molar-refractivity contribution in [2.24, 2.45) is 0 Å². The van der Waals surface area contributed by atoms with Gasteiger partial charge in [-0.25, -0.2) is 0 Å². The van der Waals surface area contributed by atoms with Gasteiger partial charge in [-0.15, -0.1) is 16.8 Å². The maximum absolute atomic E-state index is 12.9. The predicted octanol–water partition coefficient (Wildman–Crippen LogP) is 4.00. The van der Waals surface area contributed by atoms with Crippen molar-refractivity contribution in [1.29, 1.82) is 0 Å². The first-order valence-corrected chi connectivity index (χ1v) is 12.5. The first-order valence-electron chi connectivity index (χ1n) is 11.5. The second-order valence-corrected chi connectivity index (χ2v) is 9.60. The number of amides is 1. The van der Waals surface area contributed by atoms with Crippen LogP contribution in [0.25, 0.3) is 16.7 Å². The van der Waals surface area contributed by atoms with Gasteiger partial charge in [0.15, 0.2) is 16.7 Å². The summed E-state index contributed by atoms with van der Waals surface area (Å²) in [5.41, 5.74) is 1.18. The summed E-state index contributed by atoms with van der Waals surface area (Å²) in [4.78, 5) is 25.7. The lowest BCUT2D eigenvalue weighted by molar-refractivity contribution is -0.113. The average Bonchev–Trinajstić information content (AvgIpc) is 3.58. The summed E-state index contributed by atoms with van der Waals surface area (Å²) >= 11 is 1.25. The molecular weight excluding hydrogens is 466 g/mol. The van der Waals surface area contributed by atoms with Gasteiger partial charge in [0.25, 0.3) is 11.3 Å². The molecule has 0 bridgehead atoms. The number of rotatable bonds is 6. The Hall–Kier alpha value is -3.79. The highest BCUT2D eigenvalue weighted by Crippen LogP contribution is 2.47. The van der Waals surface area contributed by atoms with Gasteiger partial charge >= 0.3 is 0 Å². The molecule has 1 amide bonds. The van der Waals surface area contributed by atoms with Crippen LogP contribution in [0.5, 0.6) is 11.5 Å². The third-order valence-corrected chi connectivity index (χ3v) is 7.24. The Labute approximate surface area is 204 Å². The van der Waals surface area contributed by atoms with Crippen LogP contribution in [0.15, 0.2) is 65.1 Å². The number of nitrogens with one attached hydrogen (secondary N) is 1. The van der Waals surface area contributed by atoms with Crippen molar-refractivity contribution in [2.45, 2.75) is 43.2 Å². The molecule has 1 spiro atoms. The molecule has 9 nitrogen and oxygen atoms in total. The molecule has 2 aromatic heterocycles. The van der Waals surface area contributed by atoms with Gasteiger partial charge in [-0.2, -0.15) is 0 Å². The van der Waals surface area contributed by atoms with E-state index in [4.69, 9.17) is 9.47 Å². The zero-order valence-corrected chi connectivity index (χ0v) is 19.7. The molecule has 4 aromatic rings. The highest BCUT2D eigenvalue weighted by Gasteiger charge is 2.44. The number of allylic oxidation sites excluding steroid dienone is 1. The first-order chi connectivity index (χ1) is 17.1. The van der Waals surface area contributed by atoms with E-state index in [1.54, 1.807) is 22.6 Å². The molecule has 6 rings (SSSR count). The number of aromatic nitrogens is 4. The van der Waals surface area contributed by atoms with E-state index in [-0.39, 0.29) is 17.2 Å². The number of nitrogens with zero attached hydrogens (tertiary/aromatic N) is 4. The summed E-state index contributed by atoms with van der Waals surface area (Å²) in [5.74, 6) is 1.18. The SMILES string of the molecule is C=CCn1c(=O)c2ccccc2n2c(SCC(=O)Nc3ccc4c(c3)OC3(CCCC3)O4)nnc12. The minimum absolute atomic E-state index is 0.119. The number of benzene rings is 2. The molecule has 0 unspecified atom stereocenters. The number of anilines is 1. The number of fused-ring (bicyclic) bond motifs is 4. The van der Waals surface area contributed by atoms with E-state index in [9.17, 15) is 9.59 Å². The fraction of sp³-hybridized carbons (Fsp3) is 0.280. The highest BCUT2D eigenvalue weighted by molar-refractivity contribution is 7.99. The number of hydrogen-bond acceptors (Lipinski definition) is 7. The van der Waals surface area contributed by atoms with Gasteiger partial charge in [0.05, 0.1) is 16.7 Å². The molecule has 1 N–H and O–H groups in total. The highest BCUT2D eigenvalue weighted by atomic mass is 32.2. The van der Waals surface area contributed by atoms with Crippen molar-refractivity contribution in [3.63, 3.8) is 0 Å². The van der Waals surface area contributed by atoms with Crippen LogP contribution in [-0.2, 0) is 11.3 Å². The van der Waals surface area contributed by atoms with Crippen LogP contribution in [0.4, 0.5) is 5.69 Å². The van der Waals surface area contributed by atoms with E-state index in [2.05, 4.69) is 22.1 Å². The Morgan fingerprint density at radius 2 is 1.94 bits per heavy atom. The minimum Gasteiger partial charge on any atom is -0.448 e. The molecule has 2 aromatic carbocycles. The van der Waals surface area contributed by atoms with Crippen LogP contribution < -0.4 is 20.3 Å². The summed E-state index contributed by atoms with van der Waals surface area (Å²) in [5, 5.41) is 12.5. The number of carbonyl (C=O) groups excluding carboxylic acids is 1. The van der Waals surface area contributed by atoms with E-state index in [0.717, 1.165) is 25.7 Å². The van der Waals surface area contributed by atoms with Gasteiger partial charge in [0.1, 0.15) is 0 Å². The van der Waals surface area contributed by atoms with Crippen LogP contribution >= 0.6 is 11.8 Å². The van der Waals surface area contributed by atoms with Crippen molar-refractivity contribution >= 4 is 40.0 Å². The molecule has 1 saturated carbocycles. The quantitative estimate of drug-likeness (QED) is 0.323. The molecule has 2 aliphatic rings. The Kier molecular flexibility index (Phi) is 5.25. The largest absolute Gasteiger partial charge is 0.448 e. The van der Waals surface area contributed by atoms with Crippen LogP contribution in [0.1, 0.15) is 25.7 Å². The number of thioether (sulfide) groups is 1. The first kappa shape index (κ1) is 21.7. The summed E-state index contributed by atoms with van der Waals surface area (Å²) in [6.45, 7) is 4.05. The summed E-state index contributed by atoms with van der Waals surface area (Å²) in [6, 6.07) is 12.7. The van der Waals surface area contributed by atoms with Crippen LogP contribution in [0, 0.1) is 0 Å². The van der Waals surface area contributed by atoms with E-state index in [0.29, 0.717) is 45.6 Å². The van der Waals surface area contributed by atoms with Crippen molar-refractivity contribution in [3.05, 3.63) is 65.5 Å². The molecule has 1 aliphatic heterocycles. The molecular formula is C25H23N5O4S. The molecule has 3 heterocycles. The van der Waals surface area contributed by atoms with E-state index in [1.807, 2.05) is 30.3 Å². The Morgan fingerprint density at radius 3 is 2.77 bits per heavy atom. The molecule has 0 radical (unpaired) electrons. The topological polar surface area (TPSA) is 99.8 Å². The maximum Gasteiger partial charge on any atom is 0.263 e. The number of ether oxygens (including phenoxy) is 2. The smallest absolute Gasteiger partial charge is 0.263 e. The number of hydrogen-bond donors (Lipinski definition) is 1. The molecule has 0 atom stereocenters. The van der Waals surface area contributed by atoms with Gasteiger partial charge in [0.2, 0.25) is 11.7 Å². The van der Waals surface area contributed by atoms with Crippen molar-refractivity contribution in [1.82, 2.24) is 19.2 Å². The molecule has 1 aliphatic carbocycles. The van der Waals surface area contributed by atoms with E-state index in [1.165, 1.54) is 16.3 Å². The number of para-hydroxylation sites is 1. The van der Waals surface area contributed by atoms with Crippen LogP contribution in [0.3, 0.4) is 0 Å². The Morgan fingerprint density at radius 1 is 1.14 bits per heavy atom. The lowest BCUT2D eigenvalue weighted by Crippen LogP contribution is -2.34. The van der Waals surface area contributed by atoms with Gasteiger partial charge in [-0.3, -0.25) is 18.6 Å². The molecule has 1 fully saturated rings. The van der Waals surface area contributed by atoms with Gasteiger partial charge in [-0.05, 0) is 37.1 Å². The third-order valence-electron chi connectivity index (χ3n) is 6.31. The summed E-state index contributed by atoms with van der Waals surface area (Å²) in [7, 11) is 0. The zero-order valence-electron chi connectivity index (χ0n) is 18.9. The third kappa shape index (κ3) is 3.74. The van der Waals surface area contributed by atoms with E-state index >= 15 is 0 Å². The lowest BCUT2D eigenvalue weighted by Gasteiger charge is -2.21. The standard InChI is InChI=1S/C25H23N5O4S/c1-2-13-29-22(32)17-7-3-4-8-18(17)30-23(29)27-28-24(30)35-15-21(31)26-16-9-10-19-20(14-16)34-25(33-19)11-5-6-12-25/h2-4,7-10,14H,1,5-6,11-13,15H2,(H,26,31). The predicted molar refractivity (Wildman–Crippen MR) is 133 cm³/mol. The van der Waals surface area contributed by atoms with Gasteiger partial charge in [0, 0.05) is 31.1 Å². The summed E-state index contributed by atoms with van der Waals surface area (Å²) in [6.07, 6.45) is 5.57. The van der Waals surface area contributed by atoms with Crippen LogP contribution in [0.2, 0.25) is 0 Å².